The van der Waals surface area contributed by atoms with E-state index >= 15 is 0 Å². The topological polar surface area (TPSA) is 101 Å². The number of nitrogens with one attached hydrogen (secondary N) is 2. The van der Waals surface area contributed by atoms with Gasteiger partial charge >= 0.3 is 0 Å². The van der Waals surface area contributed by atoms with Crippen LogP contribution in [0.4, 0.5) is 10.1 Å². The zero-order valence-electron chi connectivity index (χ0n) is 11.4. The Balaban J connectivity index is 2.09. The lowest BCUT2D eigenvalue weighted by atomic mass is 10.1. The number of nitrogens with zero attached hydrogens (tertiary/aromatic N) is 1. The van der Waals surface area contributed by atoms with Crippen LogP contribution >= 0.6 is 11.6 Å². The molecular weight excluding hydrogens is 329 g/mol. The highest BCUT2D eigenvalue weighted by atomic mass is 35.5. The molecule has 118 valence electrons. The Bertz CT molecular complexity index is 780. The summed E-state index contributed by atoms with van der Waals surface area (Å²) in [5.74, 6) is -2.10. The highest BCUT2D eigenvalue weighted by Gasteiger charge is 2.21. The van der Waals surface area contributed by atoms with E-state index in [2.05, 4.69) is 5.43 Å². The van der Waals surface area contributed by atoms with Crippen molar-refractivity contribution in [3.8, 4) is 0 Å². The third-order valence-electron chi connectivity index (χ3n) is 2.80. The van der Waals surface area contributed by atoms with Crippen molar-refractivity contribution in [3.63, 3.8) is 0 Å². The summed E-state index contributed by atoms with van der Waals surface area (Å²) in [6, 6.07) is 8.12. The van der Waals surface area contributed by atoms with E-state index in [1.807, 2.05) is 5.43 Å². The molecule has 0 heterocycles. The molecule has 2 rings (SSSR count). The number of rotatable bonds is 3. The summed E-state index contributed by atoms with van der Waals surface area (Å²) in [5.41, 5.74) is 3.48. The zero-order valence-corrected chi connectivity index (χ0v) is 12.1. The molecule has 0 fully saturated rings. The Morgan fingerprint density at radius 2 is 1.65 bits per heavy atom. The number of benzene rings is 2. The van der Waals surface area contributed by atoms with Crippen LogP contribution in [0, 0.1) is 15.9 Å². The smallest absolute Gasteiger partial charge is 0.267 e. The molecule has 0 saturated heterocycles. The number of nitro benzene ring substituents is 1. The van der Waals surface area contributed by atoms with E-state index in [0.717, 1.165) is 18.2 Å². The lowest BCUT2D eigenvalue weighted by Crippen LogP contribution is -2.41. The minimum atomic E-state index is -0.885. The molecule has 2 N–H and O–H groups in total. The molecule has 2 aromatic carbocycles. The van der Waals surface area contributed by atoms with Gasteiger partial charge in [0.2, 0.25) is 0 Å². The van der Waals surface area contributed by atoms with Crippen LogP contribution in [0.25, 0.3) is 0 Å². The first-order chi connectivity index (χ1) is 10.9. The summed E-state index contributed by atoms with van der Waals surface area (Å²) in [6.07, 6.45) is 0. The third-order valence-corrected chi connectivity index (χ3v) is 3.03. The van der Waals surface area contributed by atoms with Gasteiger partial charge in [-0.3, -0.25) is 30.6 Å². The number of hydrogen-bond acceptors (Lipinski definition) is 4. The Hall–Kier alpha value is -3.00. The van der Waals surface area contributed by atoms with Crippen molar-refractivity contribution in [3.05, 3.63) is 74.5 Å². The van der Waals surface area contributed by atoms with Crippen LogP contribution in [0.3, 0.4) is 0 Å². The van der Waals surface area contributed by atoms with Crippen molar-refractivity contribution in [1.82, 2.24) is 10.9 Å². The van der Waals surface area contributed by atoms with Crippen molar-refractivity contribution in [2.24, 2.45) is 0 Å². The van der Waals surface area contributed by atoms with E-state index < -0.39 is 28.2 Å². The molecule has 0 unspecified atom stereocenters. The van der Waals surface area contributed by atoms with E-state index in [1.54, 1.807) is 0 Å². The standard InChI is InChI=1S/C14H9ClFN3O4/c15-9-3-6-11(12(7-9)19(22)23)14(21)18-17-13(20)8-1-4-10(16)5-2-8/h1-7H,(H,17,20)(H,18,21). The number of nitro groups is 1. The summed E-state index contributed by atoms with van der Waals surface area (Å²) in [6.45, 7) is 0. The lowest BCUT2D eigenvalue weighted by Gasteiger charge is -2.08. The van der Waals surface area contributed by atoms with E-state index in [0.29, 0.717) is 0 Å². The Kier molecular flexibility index (Phi) is 4.87. The van der Waals surface area contributed by atoms with Gasteiger partial charge in [0.25, 0.3) is 17.5 Å². The largest absolute Gasteiger partial charge is 0.283 e. The SMILES string of the molecule is O=C(NNC(=O)c1ccc(Cl)cc1[N+](=O)[O-])c1ccc(F)cc1. The number of carbonyl (C=O) groups excluding carboxylic acids is 2. The van der Waals surface area contributed by atoms with Crippen molar-refractivity contribution >= 4 is 29.1 Å². The normalized spacial score (nSPS) is 10.0. The molecule has 23 heavy (non-hydrogen) atoms. The quantitative estimate of drug-likeness (QED) is 0.663. The highest BCUT2D eigenvalue weighted by Crippen LogP contribution is 2.22. The van der Waals surface area contributed by atoms with Crippen molar-refractivity contribution < 1.29 is 18.9 Å². The average molecular weight is 338 g/mol. The van der Waals surface area contributed by atoms with Gasteiger partial charge in [-0.2, -0.15) is 0 Å². The molecule has 2 aromatic rings. The van der Waals surface area contributed by atoms with Gasteiger partial charge in [-0.15, -0.1) is 0 Å². The number of halogens is 2. The fraction of sp³-hybridized carbons (Fsp3) is 0. The van der Waals surface area contributed by atoms with Crippen molar-refractivity contribution in [2.45, 2.75) is 0 Å². The van der Waals surface area contributed by atoms with Crippen LogP contribution in [0.5, 0.6) is 0 Å². The number of hydrazine groups is 1. The van der Waals surface area contributed by atoms with Crippen molar-refractivity contribution in [2.75, 3.05) is 0 Å². The first-order valence-corrected chi connectivity index (χ1v) is 6.56. The van der Waals surface area contributed by atoms with Crippen LogP contribution in [0.1, 0.15) is 20.7 Å². The minimum absolute atomic E-state index is 0.101. The zero-order chi connectivity index (χ0) is 17.0. The molecule has 0 aliphatic rings. The van der Waals surface area contributed by atoms with Crippen LogP contribution in [0.15, 0.2) is 42.5 Å². The van der Waals surface area contributed by atoms with Crippen molar-refractivity contribution in [1.29, 1.82) is 0 Å². The molecule has 7 nitrogen and oxygen atoms in total. The van der Waals surface area contributed by atoms with Gasteiger partial charge in [0.1, 0.15) is 11.4 Å². The Labute approximate surface area is 134 Å². The first kappa shape index (κ1) is 16.4. The van der Waals surface area contributed by atoms with E-state index in [-0.39, 0.29) is 16.1 Å². The van der Waals surface area contributed by atoms with Gasteiger partial charge in [-0.05, 0) is 36.4 Å². The number of amides is 2. The molecular formula is C14H9ClFN3O4. The van der Waals surface area contributed by atoms with Gasteiger partial charge < -0.3 is 0 Å². The average Bonchev–Trinajstić information content (AvgIpc) is 2.52. The molecule has 9 heteroatoms. The molecule has 0 bridgehead atoms. The second-order valence-corrected chi connectivity index (χ2v) is 4.77. The molecule has 0 spiro atoms. The molecule has 0 saturated carbocycles. The molecule has 2 amide bonds. The summed E-state index contributed by atoms with van der Waals surface area (Å²) in [4.78, 5) is 33.9. The van der Waals surface area contributed by atoms with Crippen LogP contribution in [-0.2, 0) is 0 Å². The summed E-state index contributed by atoms with van der Waals surface area (Å²) >= 11 is 5.65. The molecule has 0 atom stereocenters. The number of hydrogen-bond donors (Lipinski definition) is 2. The molecule has 0 aliphatic carbocycles. The van der Waals surface area contributed by atoms with Crippen LogP contribution in [-0.4, -0.2) is 16.7 Å². The Morgan fingerprint density at radius 1 is 1.04 bits per heavy atom. The molecule has 0 radical (unpaired) electrons. The highest BCUT2D eigenvalue weighted by molar-refractivity contribution is 6.31. The third kappa shape index (κ3) is 4.01. The fourth-order valence-electron chi connectivity index (χ4n) is 1.70. The second kappa shape index (κ2) is 6.84. The van der Waals surface area contributed by atoms with Crippen LogP contribution < -0.4 is 10.9 Å². The van der Waals surface area contributed by atoms with Gasteiger partial charge in [0.05, 0.1) is 4.92 Å². The minimum Gasteiger partial charge on any atom is -0.267 e. The number of carbonyl (C=O) groups is 2. The van der Waals surface area contributed by atoms with E-state index in [9.17, 15) is 24.1 Å². The van der Waals surface area contributed by atoms with E-state index in [1.165, 1.54) is 24.3 Å². The molecule has 0 aliphatic heterocycles. The summed E-state index contributed by atoms with van der Waals surface area (Å²) < 4.78 is 12.8. The second-order valence-electron chi connectivity index (χ2n) is 4.33. The maximum atomic E-state index is 12.8. The lowest BCUT2D eigenvalue weighted by molar-refractivity contribution is -0.385. The predicted molar refractivity (Wildman–Crippen MR) is 79.4 cm³/mol. The summed E-state index contributed by atoms with van der Waals surface area (Å²) in [7, 11) is 0. The maximum absolute atomic E-state index is 12.8. The first-order valence-electron chi connectivity index (χ1n) is 6.18. The van der Waals surface area contributed by atoms with Gasteiger partial charge in [-0.1, -0.05) is 11.6 Å². The van der Waals surface area contributed by atoms with Gasteiger partial charge in [-0.25, -0.2) is 4.39 Å². The fourth-order valence-corrected chi connectivity index (χ4v) is 1.87. The monoisotopic (exact) mass is 337 g/mol. The van der Waals surface area contributed by atoms with Gasteiger partial charge in [0.15, 0.2) is 0 Å². The van der Waals surface area contributed by atoms with Crippen LogP contribution in [0.2, 0.25) is 5.02 Å². The predicted octanol–water partition coefficient (Wildman–Crippen LogP) is 2.46. The van der Waals surface area contributed by atoms with E-state index in [4.69, 9.17) is 11.6 Å². The summed E-state index contributed by atoms with van der Waals surface area (Å²) in [5, 5.41) is 11.0. The molecule has 0 aromatic heterocycles. The maximum Gasteiger partial charge on any atom is 0.283 e. The Morgan fingerprint density at radius 3 is 2.26 bits per heavy atom. The van der Waals surface area contributed by atoms with Gasteiger partial charge in [0, 0.05) is 16.7 Å².